The Balaban J connectivity index is 0.000000138. The number of carbonyl (C=O) groups is 3. The molecule has 2 N–H and O–H groups in total. The van der Waals surface area contributed by atoms with Gasteiger partial charge in [-0.15, -0.1) is 0 Å². The molecule has 5 aromatic carbocycles. The summed E-state index contributed by atoms with van der Waals surface area (Å²) < 4.78 is 51.2. The Morgan fingerprint density at radius 2 is 1.03 bits per heavy atom. The number of benzene rings is 5. The van der Waals surface area contributed by atoms with Crippen LogP contribution in [0.1, 0.15) is 231 Å². The SMILES string of the molecule is CC(C)(C)c1cccn2cc(C(=O)O)nc12.CC1Cc2c(cccc2C(C)(C)C)CN1c1cnn(C)c1.CNC(=O)c1ccc(-c2ncc3c(C(C)(C)C)cccc3c2F)cn1.Cn1cc(-c2cc3cncc(C(C)(C)C)c3cc2C(F)F)cn1.Cn1cc(N2CCc3c(cccc3C(C)(C)C)C2)cn1.Cn1cc(N2Cc3cccc(C(C)(C)C)c3CC2=O)cn1. The third-order valence-electron chi connectivity index (χ3n) is 23.3. The summed E-state index contributed by atoms with van der Waals surface area (Å²) in [6, 6.07) is 36.5. The van der Waals surface area contributed by atoms with Crippen molar-refractivity contribution in [2.24, 2.45) is 28.2 Å². The van der Waals surface area contributed by atoms with Crippen LogP contribution < -0.4 is 20.0 Å². The summed E-state index contributed by atoms with van der Waals surface area (Å²) in [7, 11) is 9.12. The normalized spacial score (nSPS) is 14.1. The van der Waals surface area contributed by atoms with Gasteiger partial charge >= 0.3 is 5.97 Å². The summed E-state index contributed by atoms with van der Waals surface area (Å²) in [6.07, 6.45) is 25.3. The number of pyridine rings is 4. The number of aromatic nitrogens is 13. The zero-order valence-corrected chi connectivity index (χ0v) is 77.5. The van der Waals surface area contributed by atoms with Gasteiger partial charge in [-0.3, -0.25) is 43.3 Å². The van der Waals surface area contributed by atoms with E-state index in [-0.39, 0.29) is 72.8 Å². The molecule has 1 unspecified atom stereocenters. The highest BCUT2D eigenvalue weighted by molar-refractivity contribution is 5.97. The minimum atomic E-state index is -2.55. The van der Waals surface area contributed by atoms with Crippen molar-refractivity contribution in [3.05, 3.63) is 285 Å². The minimum Gasteiger partial charge on any atom is -0.476 e. The first kappa shape index (κ1) is 92.6. The summed E-state index contributed by atoms with van der Waals surface area (Å²) in [5, 5.41) is 31.3. The van der Waals surface area contributed by atoms with Gasteiger partial charge in [0, 0.05) is 161 Å². The number of nitrogens with one attached hydrogen (secondary N) is 1. The van der Waals surface area contributed by atoms with Crippen molar-refractivity contribution in [3.63, 3.8) is 0 Å². The first-order valence-corrected chi connectivity index (χ1v) is 42.9. The van der Waals surface area contributed by atoms with E-state index in [4.69, 9.17) is 5.11 Å². The molecule has 17 rings (SSSR count). The fourth-order valence-corrected chi connectivity index (χ4v) is 16.8. The second-order valence-electron chi connectivity index (χ2n) is 39.3. The van der Waals surface area contributed by atoms with Gasteiger partial charge in [0.1, 0.15) is 17.0 Å². The Hall–Kier alpha value is -12.6. The van der Waals surface area contributed by atoms with Crippen molar-refractivity contribution in [3.8, 4) is 22.4 Å². The number of rotatable bonds is 8. The molecule has 14 aromatic rings. The van der Waals surface area contributed by atoms with Gasteiger partial charge in [0.15, 0.2) is 11.5 Å². The molecule has 2 amide bonds. The van der Waals surface area contributed by atoms with Crippen molar-refractivity contribution in [1.29, 1.82) is 0 Å². The summed E-state index contributed by atoms with van der Waals surface area (Å²) in [5.41, 5.74) is 22.4. The van der Waals surface area contributed by atoms with Crippen LogP contribution in [-0.2, 0) is 104 Å². The number of hydrogen-bond donors (Lipinski definition) is 2. The number of amides is 2. The molecule has 3 aliphatic rings. The van der Waals surface area contributed by atoms with E-state index >= 15 is 4.39 Å². The molecule has 12 heterocycles. The van der Waals surface area contributed by atoms with Crippen LogP contribution in [0.4, 0.5) is 30.2 Å². The lowest BCUT2D eigenvalue weighted by Gasteiger charge is -2.38. The Kier molecular flexibility index (Phi) is 27.1. The van der Waals surface area contributed by atoms with Crippen molar-refractivity contribution in [2.75, 3.05) is 28.3 Å². The van der Waals surface area contributed by atoms with Crippen LogP contribution in [0.3, 0.4) is 0 Å². The maximum absolute atomic E-state index is 15.1. The van der Waals surface area contributed by atoms with Crippen molar-refractivity contribution >= 4 is 62.0 Å². The van der Waals surface area contributed by atoms with Gasteiger partial charge < -0.3 is 29.5 Å². The summed E-state index contributed by atoms with van der Waals surface area (Å²) in [6.45, 7) is 45.1. The summed E-state index contributed by atoms with van der Waals surface area (Å²) >= 11 is 0. The maximum atomic E-state index is 15.1. The van der Waals surface area contributed by atoms with Gasteiger partial charge in [0.2, 0.25) is 5.91 Å². The number of halogens is 3. The third kappa shape index (κ3) is 21.1. The van der Waals surface area contributed by atoms with E-state index in [0.717, 1.165) is 71.0 Å². The van der Waals surface area contributed by atoms with E-state index in [9.17, 15) is 23.2 Å². The summed E-state index contributed by atoms with van der Waals surface area (Å²) in [4.78, 5) is 58.5. The molecule has 0 spiro atoms. The van der Waals surface area contributed by atoms with Gasteiger partial charge in [0.05, 0.1) is 54.8 Å². The van der Waals surface area contributed by atoms with E-state index in [1.807, 2.05) is 84.5 Å². The molecular weight excluding hydrogens is 1580 g/mol. The molecule has 1 atom stereocenters. The molecule has 0 saturated carbocycles. The van der Waals surface area contributed by atoms with Gasteiger partial charge in [0.25, 0.3) is 12.3 Å². The molecule has 0 radical (unpaired) electrons. The standard InChI is InChI=1S/C20H20FN3O.C18H19F2N3.C18H25N3.C17H21N3O.C17H23N3.C12H14N2O2/c1-20(2,3)15-7-5-6-13-14(15)11-24-18(17(13)21)12-8-9-16(23-10-12)19(25)22-4;1-18(2,3)16-9-21-7-11-5-13(12-8-22-23(4)10-12)15(17(19)20)6-14(11)16;1-13-9-16-14(7-6-8-17(16)18(2,3)4)11-21(13)15-10-19-20(5)12-15;1-17(2,3)15-7-5-6-12-10-20(16(21)8-14(12)15)13-9-18-19(4)11-13;1-17(2,3)16-7-5-6-13-11-20(9-8-15(13)16)14-10-18-19(4)12-14;1-12(2,3)8-5-4-6-14-7-9(11(15)16)13-10(8)14/h5-11H,1-4H3,(H,22,25);5-10,17H,1-4H3;6-8,10,12-13H,9,11H2,1-5H3;5-7,9,11H,8,10H2,1-4H3;5-7,10,12H,8-9,11H2,1-4H3;4-7H,1-3H3,(H,15,16). The topological polar surface area (TPSA) is 220 Å². The van der Waals surface area contributed by atoms with Crippen LogP contribution in [0.2, 0.25) is 0 Å². The van der Waals surface area contributed by atoms with Crippen LogP contribution in [-0.4, -0.2) is 106 Å². The number of alkyl halides is 2. The van der Waals surface area contributed by atoms with E-state index in [1.54, 1.807) is 99.5 Å². The summed E-state index contributed by atoms with van der Waals surface area (Å²) in [5.74, 6) is -1.51. The van der Waals surface area contributed by atoms with Crippen LogP contribution in [0.5, 0.6) is 0 Å². The van der Waals surface area contributed by atoms with E-state index in [0.29, 0.717) is 46.7 Å². The van der Waals surface area contributed by atoms with Crippen LogP contribution in [0.25, 0.3) is 49.6 Å². The lowest BCUT2D eigenvalue weighted by molar-refractivity contribution is -0.118. The number of imidazole rings is 1. The largest absolute Gasteiger partial charge is 0.476 e. The van der Waals surface area contributed by atoms with Crippen LogP contribution in [0, 0.1) is 5.82 Å². The average Bonchev–Trinajstić information content (AvgIpc) is 1.66. The average molecular weight is 1710 g/mol. The highest BCUT2D eigenvalue weighted by atomic mass is 19.3. The van der Waals surface area contributed by atoms with Crippen molar-refractivity contribution in [2.45, 2.75) is 215 Å². The fourth-order valence-electron chi connectivity index (χ4n) is 16.8. The smallest absolute Gasteiger partial charge is 0.356 e. The lowest BCUT2D eigenvalue weighted by atomic mass is 9.79. The number of aromatic carboxylic acids is 1. The van der Waals surface area contributed by atoms with Gasteiger partial charge in [-0.25, -0.2) is 22.9 Å². The van der Waals surface area contributed by atoms with Gasteiger partial charge in [-0.05, 0) is 155 Å². The van der Waals surface area contributed by atoms with E-state index in [1.165, 1.54) is 69.8 Å². The van der Waals surface area contributed by atoms with Gasteiger partial charge in [-0.1, -0.05) is 203 Å². The molecule has 21 nitrogen and oxygen atoms in total. The monoisotopic (exact) mass is 1710 g/mol. The predicted octanol–water partition coefficient (Wildman–Crippen LogP) is 21.0. The Labute approximate surface area is 739 Å². The highest BCUT2D eigenvalue weighted by Gasteiger charge is 2.33. The van der Waals surface area contributed by atoms with Crippen molar-refractivity contribution in [1.82, 2.24) is 68.8 Å². The Morgan fingerprint density at radius 3 is 1.57 bits per heavy atom. The van der Waals surface area contributed by atoms with Gasteiger partial charge in [-0.2, -0.15) is 20.4 Å². The molecule has 660 valence electrons. The third-order valence-corrected chi connectivity index (χ3v) is 23.3. The second-order valence-corrected chi connectivity index (χ2v) is 39.3. The fraction of sp³-hybridized carbons (Fsp3) is 0.382. The molecule has 24 heteroatoms. The molecule has 3 aliphatic heterocycles. The predicted molar refractivity (Wildman–Crippen MR) is 500 cm³/mol. The lowest BCUT2D eigenvalue weighted by Crippen LogP contribution is -2.39. The molecule has 9 aromatic heterocycles. The molecule has 0 bridgehead atoms. The van der Waals surface area contributed by atoms with Crippen molar-refractivity contribution < 1.29 is 32.7 Å². The molecule has 126 heavy (non-hydrogen) atoms. The van der Waals surface area contributed by atoms with Crippen LogP contribution in [0.15, 0.2) is 196 Å². The Bertz CT molecular complexity index is 6270. The first-order chi connectivity index (χ1) is 59.2. The number of carboxylic acid groups (broad SMARTS) is 1. The van der Waals surface area contributed by atoms with E-state index in [2.05, 4.69) is 254 Å². The number of aryl methyl sites for hydroxylation is 4. The number of hydrogen-bond acceptors (Lipinski definition) is 13. The number of anilines is 3. The quantitative estimate of drug-likeness (QED) is 0.145. The zero-order chi connectivity index (χ0) is 91.6. The Morgan fingerprint density at radius 1 is 0.500 bits per heavy atom. The molecule has 0 saturated heterocycles. The maximum Gasteiger partial charge on any atom is 0.356 e. The minimum absolute atomic E-state index is 0.0298. The number of carbonyl (C=O) groups excluding carboxylic acids is 2. The number of fused-ring (bicyclic) bond motifs is 6. The first-order valence-electron chi connectivity index (χ1n) is 42.9. The molecular formula is C102H122F3N17O4. The highest BCUT2D eigenvalue weighted by Crippen LogP contribution is 2.42. The number of carboxylic acids is 1. The number of nitrogens with zero attached hydrogens (tertiary/aromatic N) is 16. The second kappa shape index (κ2) is 36.9. The molecule has 0 aliphatic carbocycles. The van der Waals surface area contributed by atoms with Crippen LogP contribution >= 0.6 is 0 Å². The van der Waals surface area contributed by atoms with E-state index < -0.39 is 12.4 Å². The molecule has 0 fully saturated rings. The zero-order valence-electron chi connectivity index (χ0n) is 77.5.